The Morgan fingerprint density at radius 2 is 2.00 bits per heavy atom. The third-order valence-electron chi connectivity index (χ3n) is 3.92. The van der Waals surface area contributed by atoms with Crippen molar-refractivity contribution in [3.63, 3.8) is 0 Å². The average Bonchev–Trinajstić information content (AvgIpc) is 2.37. The molecule has 1 aromatic carbocycles. The van der Waals surface area contributed by atoms with E-state index in [1.54, 1.807) is 14.2 Å². The maximum absolute atomic E-state index is 5.39. The molecular formula is C15H23NO2. The highest BCUT2D eigenvalue weighted by Crippen LogP contribution is 2.39. The fraction of sp³-hybridized carbons (Fsp3) is 0.600. The number of methoxy groups -OCH3 is 2. The second-order valence-corrected chi connectivity index (χ2v) is 5.45. The second kappa shape index (κ2) is 5.61. The monoisotopic (exact) mass is 249 g/mol. The van der Waals surface area contributed by atoms with Crippen LogP contribution in [-0.4, -0.2) is 20.8 Å². The van der Waals surface area contributed by atoms with Gasteiger partial charge in [0.1, 0.15) is 11.5 Å². The van der Waals surface area contributed by atoms with E-state index >= 15 is 0 Å². The van der Waals surface area contributed by atoms with Crippen LogP contribution in [0.1, 0.15) is 31.7 Å². The van der Waals surface area contributed by atoms with E-state index in [0.717, 1.165) is 24.6 Å². The number of nitrogens with one attached hydrogen (secondary N) is 1. The van der Waals surface area contributed by atoms with Crippen LogP contribution < -0.4 is 14.8 Å². The minimum Gasteiger partial charge on any atom is -0.497 e. The maximum atomic E-state index is 5.39. The summed E-state index contributed by atoms with van der Waals surface area (Å²) in [6, 6.07) is 5.97. The summed E-state index contributed by atoms with van der Waals surface area (Å²) >= 11 is 0. The normalized spacial score (nSPS) is 17.1. The van der Waals surface area contributed by atoms with Crippen LogP contribution in [0.4, 0.5) is 0 Å². The van der Waals surface area contributed by atoms with Gasteiger partial charge in [0.15, 0.2) is 0 Å². The lowest BCUT2D eigenvalue weighted by Crippen LogP contribution is -2.37. The van der Waals surface area contributed by atoms with Crippen LogP contribution in [0.5, 0.6) is 11.5 Å². The van der Waals surface area contributed by atoms with E-state index in [-0.39, 0.29) is 0 Å². The minimum absolute atomic E-state index is 0.514. The minimum atomic E-state index is 0.514. The van der Waals surface area contributed by atoms with Gasteiger partial charge in [0.25, 0.3) is 0 Å². The molecule has 0 heterocycles. The van der Waals surface area contributed by atoms with Crippen LogP contribution >= 0.6 is 0 Å². The molecule has 100 valence electrons. The Labute approximate surface area is 109 Å². The van der Waals surface area contributed by atoms with E-state index in [9.17, 15) is 0 Å². The van der Waals surface area contributed by atoms with Crippen molar-refractivity contribution in [2.24, 2.45) is 5.41 Å². The van der Waals surface area contributed by atoms with E-state index in [2.05, 4.69) is 18.3 Å². The third-order valence-corrected chi connectivity index (χ3v) is 3.92. The first-order valence-corrected chi connectivity index (χ1v) is 6.58. The van der Waals surface area contributed by atoms with Gasteiger partial charge in [-0.1, -0.05) is 19.4 Å². The molecule has 1 aliphatic carbocycles. The largest absolute Gasteiger partial charge is 0.497 e. The topological polar surface area (TPSA) is 30.5 Å². The number of rotatable bonds is 6. The first-order chi connectivity index (χ1) is 8.67. The van der Waals surface area contributed by atoms with Crippen molar-refractivity contribution >= 4 is 0 Å². The van der Waals surface area contributed by atoms with Crippen molar-refractivity contribution in [1.29, 1.82) is 0 Å². The van der Waals surface area contributed by atoms with Crippen LogP contribution in [0.3, 0.4) is 0 Å². The Morgan fingerprint density at radius 1 is 1.22 bits per heavy atom. The molecule has 0 radical (unpaired) electrons. The predicted molar refractivity (Wildman–Crippen MR) is 73.2 cm³/mol. The summed E-state index contributed by atoms with van der Waals surface area (Å²) in [5.74, 6) is 1.72. The number of benzene rings is 1. The fourth-order valence-corrected chi connectivity index (χ4v) is 2.45. The van der Waals surface area contributed by atoms with Crippen molar-refractivity contribution in [2.45, 2.75) is 32.7 Å². The van der Waals surface area contributed by atoms with E-state index < -0.39 is 0 Å². The zero-order chi connectivity index (χ0) is 13.0. The van der Waals surface area contributed by atoms with Gasteiger partial charge < -0.3 is 14.8 Å². The zero-order valence-electron chi connectivity index (χ0n) is 11.6. The molecular weight excluding hydrogens is 226 g/mol. The standard InChI is InChI=1S/C15H23NO2/c1-15(7-4-8-15)11-16-10-12-5-6-13(17-2)9-14(12)18-3/h5-6,9,16H,4,7-8,10-11H2,1-3H3. The van der Waals surface area contributed by atoms with Crippen molar-refractivity contribution in [1.82, 2.24) is 5.32 Å². The van der Waals surface area contributed by atoms with E-state index in [1.165, 1.54) is 24.8 Å². The van der Waals surface area contributed by atoms with Crippen molar-refractivity contribution in [3.8, 4) is 11.5 Å². The summed E-state index contributed by atoms with van der Waals surface area (Å²) in [5.41, 5.74) is 1.70. The molecule has 0 unspecified atom stereocenters. The number of hydrogen-bond acceptors (Lipinski definition) is 3. The molecule has 1 saturated carbocycles. The summed E-state index contributed by atoms with van der Waals surface area (Å²) in [6.07, 6.45) is 4.07. The lowest BCUT2D eigenvalue weighted by atomic mass is 9.70. The molecule has 1 fully saturated rings. The first kappa shape index (κ1) is 13.2. The molecule has 2 rings (SSSR count). The first-order valence-electron chi connectivity index (χ1n) is 6.58. The SMILES string of the molecule is COc1ccc(CNCC2(C)CCC2)c(OC)c1. The van der Waals surface area contributed by atoms with E-state index in [0.29, 0.717) is 5.41 Å². The van der Waals surface area contributed by atoms with Gasteiger partial charge in [-0.05, 0) is 24.3 Å². The lowest BCUT2D eigenvalue weighted by molar-refractivity contribution is 0.156. The Bertz CT molecular complexity index is 399. The highest BCUT2D eigenvalue weighted by atomic mass is 16.5. The fourth-order valence-electron chi connectivity index (χ4n) is 2.45. The summed E-state index contributed by atoms with van der Waals surface area (Å²) in [6.45, 7) is 4.29. The third kappa shape index (κ3) is 2.96. The number of ether oxygens (including phenoxy) is 2. The molecule has 0 spiro atoms. The van der Waals surface area contributed by atoms with Crippen molar-refractivity contribution in [2.75, 3.05) is 20.8 Å². The van der Waals surface area contributed by atoms with E-state index in [4.69, 9.17) is 9.47 Å². The van der Waals surface area contributed by atoms with Crippen LogP contribution in [0.25, 0.3) is 0 Å². The Morgan fingerprint density at radius 3 is 2.56 bits per heavy atom. The van der Waals surface area contributed by atoms with Gasteiger partial charge in [-0.15, -0.1) is 0 Å². The molecule has 3 heteroatoms. The second-order valence-electron chi connectivity index (χ2n) is 5.45. The molecule has 1 aromatic rings. The molecule has 0 aromatic heterocycles. The molecule has 1 aliphatic rings. The summed E-state index contributed by atoms with van der Waals surface area (Å²) < 4.78 is 10.6. The Kier molecular flexibility index (Phi) is 4.12. The summed E-state index contributed by atoms with van der Waals surface area (Å²) in [5, 5.41) is 3.54. The van der Waals surface area contributed by atoms with Gasteiger partial charge in [0, 0.05) is 24.7 Å². The van der Waals surface area contributed by atoms with Gasteiger partial charge >= 0.3 is 0 Å². The molecule has 0 aliphatic heterocycles. The zero-order valence-corrected chi connectivity index (χ0v) is 11.6. The molecule has 0 atom stereocenters. The molecule has 1 N–H and O–H groups in total. The molecule has 0 bridgehead atoms. The molecule has 18 heavy (non-hydrogen) atoms. The van der Waals surface area contributed by atoms with Crippen LogP contribution in [0.2, 0.25) is 0 Å². The van der Waals surface area contributed by atoms with Gasteiger partial charge in [-0.25, -0.2) is 0 Å². The summed E-state index contributed by atoms with van der Waals surface area (Å²) in [4.78, 5) is 0. The Hall–Kier alpha value is -1.22. The van der Waals surface area contributed by atoms with E-state index in [1.807, 2.05) is 12.1 Å². The smallest absolute Gasteiger partial charge is 0.127 e. The quantitative estimate of drug-likeness (QED) is 0.840. The average molecular weight is 249 g/mol. The van der Waals surface area contributed by atoms with Crippen molar-refractivity contribution in [3.05, 3.63) is 23.8 Å². The van der Waals surface area contributed by atoms with Crippen LogP contribution in [0.15, 0.2) is 18.2 Å². The molecule has 0 saturated heterocycles. The van der Waals surface area contributed by atoms with Crippen LogP contribution in [0, 0.1) is 5.41 Å². The predicted octanol–water partition coefficient (Wildman–Crippen LogP) is 2.98. The van der Waals surface area contributed by atoms with Gasteiger partial charge in [0.05, 0.1) is 14.2 Å². The highest BCUT2D eigenvalue weighted by molar-refractivity contribution is 5.40. The molecule has 0 amide bonds. The maximum Gasteiger partial charge on any atom is 0.127 e. The highest BCUT2D eigenvalue weighted by Gasteiger charge is 2.30. The van der Waals surface area contributed by atoms with Gasteiger partial charge in [-0.3, -0.25) is 0 Å². The molecule has 3 nitrogen and oxygen atoms in total. The summed E-state index contributed by atoms with van der Waals surface area (Å²) in [7, 11) is 3.37. The lowest BCUT2D eigenvalue weighted by Gasteiger charge is -2.38. The van der Waals surface area contributed by atoms with Crippen molar-refractivity contribution < 1.29 is 9.47 Å². The Balaban J connectivity index is 1.91. The number of hydrogen-bond donors (Lipinski definition) is 1. The van der Waals surface area contributed by atoms with Gasteiger partial charge in [-0.2, -0.15) is 0 Å². The van der Waals surface area contributed by atoms with Crippen LogP contribution in [-0.2, 0) is 6.54 Å². The van der Waals surface area contributed by atoms with Gasteiger partial charge in [0.2, 0.25) is 0 Å².